The Hall–Kier alpha value is -2.14. The summed E-state index contributed by atoms with van der Waals surface area (Å²) in [6.07, 6.45) is 3.26. The molecule has 2 aromatic rings. The SMILES string of the molecule is O=C(NCC1(C(=O)O)CC1)c1cc2c(s1)-c1ccccc1CC2. The zero-order valence-corrected chi connectivity index (χ0v) is 13.4. The van der Waals surface area contributed by atoms with E-state index in [4.69, 9.17) is 0 Å². The number of carboxylic acids is 1. The van der Waals surface area contributed by atoms with E-state index in [9.17, 15) is 14.7 Å². The Kier molecular flexibility index (Phi) is 3.27. The molecule has 4 rings (SSSR count). The predicted octanol–water partition coefficient (Wildman–Crippen LogP) is 3.11. The second kappa shape index (κ2) is 5.20. The zero-order chi connectivity index (χ0) is 16.0. The summed E-state index contributed by atoms with van der Waals surface area (Å²) in [6, 6.07) is 10.3. The number of thiophene rings is 1. The fourth-order valence-corrected chi connectivity index (χ4v) is 4.32. The number of carbonyl (C=O) groups excluding carboxylic acids is 1. The van der Waals surface area contributed by atoms with Crippen LogP contribution in [0.5, 0.6) is 0 Å². The van der Waals surface area contributed by atoms with E-state index < -0.39 is 11.4 Å². The topological polar surface area (TPSA) is 66.4 Å². The molecular weight excluding hydrogens is 310 g/mol. The maximum Gasteiger partial charge on any atom is 0.311 e. The monoisotopic (exact) mass is 327 g/mol. The van der Waals surface area contributed by atoms with Gasteiger partial charge in [-0.25, -0.2) is 0 Å². The summed E-state index contributed by atoms with van der Waals surface area (Å²) >= 11 is 1.51. The number of nitrogens with one attached hydrogen (secondary N) is 1. The summed E-state index contributed by atoms with van der Waals surface area (Å²) in [4.78, 5) is 25.4. The molecule has 1 aromatic heterocycles. The second-order valence-corrected chi connectivity index (χ2v) is 7.44. The van der Waals surface area contributed by atoms with Crippen molar-refractivity contribution in [1.82, 2.24) is 5.32 Å². The molecule has 0 unspecified atom stereocenters. The normalized spacial score (nSPS) is 17.0. The van der Waals surface area contributed by atoms with E-state index in [0.717, 1.165) is 12.8 Å². The van der Waals surface area contributed by atoms with E-state index in [1.165, 1.54) is 32.9 Å². The average molecular weight is 327 g/mol. The van der Waals surface area contributed by atoms with Crippen molar-refractivity contribution < 1.29 is 14.7 Å². The predicted molar refractivity (Wildman–Crippen MR) is 88.8 cm³/mol. The smallest absolute Gasteiger partial charge is 0.311 e. The summed E-state index contributed by atoms with van der Waals surface area (Å²) in [5.74, 6) is -0.966. The quantitative estimate of drug-likeness (QED) is 0.907. The van der Waals surface area contributed by atoms with Crippen molar-refractivity contribution in [3.63, 3.8) is 0 Å². The zero-order valence-electron chi connectivity index (χ0n) is 12.6. The van der Waals surface area contributed by atoms with Crippen molar-refractivity contribution in [3.05, 3.63) is 46.3 Å². The highest BCUT2D eigenvalue weighted by Crippen LogP contribution is 2.45. The van der Waals surface area contributed by atoms with Crippen LogP contribution in [0.3, 0.4) is 0 Å². The third-order valence-electron chi connectivity index (χ3n) is 4.85. The molecule has 0 bridgehead atoms. The number of aryl methyl sites for hydroxylation is 2. The number of rotatable bonds is 4. The van der Waals surface area contributed by atoms with E-state index in [1.54, 1.807) is 0 Å². The first-order valence-corrected chi connectivity index (χ1v) is 8.63. The second-order valence-electron chi connectivity index (χ2n) is 6.39. The molecular formula is C18H17NO3S. The number of fused-ring (bicyclic) bond motifs is 3. The minimum absolute atomic E-state index is 0.158. The van der Waals surface area contributed by atoms with Crippen LogP contribution in [0.15, 0.2) is 30.3 Å². The fourth-order valence-electron chi connectivity index (χ4n) is 3.14. The van der Waals surface area contributed by atoms with E-state index in [1.807, 2.05) is 18.2 Å². The first-order valence-electron chi connectivity index (χ1n) is 7.82. The van der Waals surface area contributed by atoms with Crippen molar-refractivity contribution in [2.24, 2.45) is 5.41 Å². The lowest BCUT2D eigenvalue weighted by Gasteiger charge is -2.15. The van der Waals surface area contributed by atoms with Gasteiger partial charge in [0.15, 0.2) is 0 Å². The van der Waals surface area contributed by atoms with E-state index >= 15 is 0 Å². The fraction of sp³-hybridized carbons (Fsp3) is 0.333. The Morgan fingerprint density at radius 1 is 1.17 bits per heavy atom. The lowest BCUT2D eigenvalue weighted by molar-refractivity contribution is -0.143. The molecule has 0 spiro atoms. The van der Waals surface area contributed by atoms with Gasteiger partial charge in [0.1, 0.15) is 0 Å². The van der Waals surface area contributed by atoms with Crippen LogP contribution in [0.2, 0.25) is 0 Å². The van der Waals surface area contributed by atoms with Gasteiger partial charge in [0.25, 0.3) is 5.91 Å². The van der Waals surface area contributed by atoms with Crippen molar-refractivity contribution >= 4 is 23.2 Å². The van der Waals surface area contributed by atoms with Crippen LogP contribution in [0, 0.1) is 5.41 Å². The minimum Gasteiger partial charge on any atom is -0.481 e. The molecule has 0 radical (unpaired) electrons. The van der Waals surface area contributed by atoms with E-state index in [2.05, 4.69) is 17.4 Å². The Labute approximate surface area is 138 Å². The van der Waals surface area contributed by atoms with Crippen molar-refractivity contribution in [2.45, 2.75) is 25.7 Å². The summed E-state index contributed by atoms with van der Waals surface area (Å²) in [5, 5.41) is 12.0. The van der Waals surface area contributed by atoms with Gasteiger partial charge in [-0.2, -0.15) is 0 Å². The highest BCUT2D eigenvalue weighted by Gasteiger charge is 2.50. The lowest BCUT2D eigenvalue weighted by Crippen LogP contribution is -2.33. The number of aliphatic carboxylic acids is 1. The first kappa shape index (κ1) is 14.5. The summed E-state index contributed by atoms with van der Waals surface area (Å²) in [7, 11) is 0. The van der Waals surface area contributed by atoms with Crippen LogP contribution >= 0.6 is 11.3 Å². The molecule has 4 nitrogen and oxygen atoms in total. The van der Waals surface area contributed by atoms with Crippen LogP contribution in [0.4, 0.5) is 0 Å². The van der Waals surface area contributed by atoms with Crippen LogP contribution in [-0.2, 0) is 17.6 Å². The van der Waals surface area contributed by atoms with Gasteiger partial charge >= 0.3 is 5.97 Å². The van der Waals surface area contributed by atoms with Crippen molar-refractivity contribution in [1.29, 1.82) is 0 Å². The summed E-state index contributed by atoms with van der Waals surface area (Å²) in [5.41, 5.74) is 3.05. The maximum atomic E-state index is 12.4. The molecule has 2 aliphatic rings. The Morgan fingerprint density at radius 3 is 2.65 bits per heavy atom. The summed E-state index contributed by atoms with van der Waals surface area (Å²) < 4.78 is 0. The molecule has 1 heterocycles. The molecule has 1 saturated carbocycles. The number of benzene rings is 1. The number of hydrogen-bond acceptors (Lipinski definition) is 3. The molecule has 2 aliphatic carbocycles. The molecule has 23 heavy (non-hydrogen) atoms. The van der Waals surface area contributed by atoms with Crippen LogP contribution < -0.4 is 5.32 Å². The van der Waals surface area contributed by atoms with Crippen LogP contribution in [0.25, 0.3) is 10.4 Å². The molecule has 5 heteroatoms. The van der Waals surface area contributed by atoms with Gasteiger partial charge in [-0.1, -0.05) is 24.3 Å². The summed E-state index contributed by atoms with van der Waals surface area (Å²) in [6.45, 7) is 0.223. The third kappa shape index (κ3) is 2.45. The van der Waals surface area contributed by atoms with E-state index in [0.29, 0.717) is 17.7 Å². The largest absolute Gasteiger partial charge is 0.481 e. The van der Waals surface area contributed by atoms with E-state index in [-0.39, 0.29) is 12.5 Å². The third-order valence-corrected chi connectivity index (χ3v) is 6.06. The number of hydrogen-bond donors (Lipinski definition) is 2. The molecule has 0 saturated heterocycles. The maximum absolute atomic E-state index is 12.4. The molecule has 1 amide bonds. The number of carbonyl (C=O) groups is 2. The molecule has 118 valence electrons. The van der Waals surface area contributed by atoms with Gasteiger partial charge in [0, 0.05) is 11.4 Å². The highest BCUT2D eigenvalue weighted by atomic mass is 32.1. The van der Waals surface area contributed by atoms with Gasteiger partial charge in [-0.05, 0) is 48.4 Å². The van der Waals surface area contributed by atoms with Crippen molar-refractivity contribution in [3.8, 4) is 10.4 Å². The standard InChI is InChI=1S/C18H17NO3S/c20-16(19-10-18(7-8-18)17(21)22)14-9-12-6-5-11-3-1-2-4-13(11)15(12)23-14/h1-4,9H,5-8,10H2,(H,19,20)(H,21,22). The number of amides is 1. The first-order chi connectivity index (χ1) is 11.1. The number of carboxylic acid groups (broad SMARTS) is 1. The van der Waals surface area contributed by atoms with Crippen molar-refractivity contribution in [2.75, 3.05) is 6.54 Å². The van der Waals surface area contributed by atoms with Crippen LogP contribution in [0.1, 0.15) is 33.6 Å². The van der Waals surface area contributed by atoms with Gasteiger partial charge < -0.3 is 10.4 Å². The Bertz CT molecular complexity index is 804. The highest BCUT2D eigenvalue weighted by molar-refractivity contribution is 7.17. The lowest BCUT2D eigenvalue weighted by atomic mass is 9.91. The van der Waals surface area contributed by atoms with Gasteiger partial charge in [-0.15, -0.1) is 11.3 Å². The average Bonchev–Trinajstić information content (AvgIpc) is 3.23. The van der Waals surface area contributed by atoms with Gasteiger partial charge in [0.2, 0.25) is 0 Å². The van der Waals surface area contributed by atoms with Gasteiger partial charge in [-0.3, -0.25) is 9.59 Å². The molecule has 2 N–H and O–H groups in total. The van der Waals surface area contributed by atoms with Gasteiger partial charge in [0.05, 0.1) is 10.3 Å². The molecule has 0 aliphatic heterocycles. The Balaban J connectivity index is 1.54. The Morgan fingerprint density at radius 2 is 1.91 bits per heavy atom. The van der Waals surface area contributed by atoms with Crippen LogP contribution in [-0.4, -0.2) is 23.5 Å². The minimum atomic E-state index is -0.808. The molecule has 0 atom stereocenters. The molecule has 1 aromatic carbocycles. The molecule has 1 fully saturated rings.